The lowest BCUT2D eigenvalue weighted by atomic mass is 10.2. The Balaban J connectivity index is 2.79. The molecule has 0 atom stereocenters. The van der Waals surface area contributed by atoms with Gasteiger partial charge in [-0.2, -0.15) is 0 Å². The molecule has 0 fully saturated rings. The summed E-state index contributed by atoms with van der Waals surface area (Å²) in [5.74, 6) is 0. The van der Waals surface area contributed by atoms with Crippen molar-refractivity contribution >= 4 is 12.4 Å². The van der Waals surface area contributed by atoms with Crippen molar-refractivity contribution in [1.82, 2.24) is 0 Å². The Morgan fingerprint density at radius 2 is 2.33 bits per heavy atom. The van der Waals surface area contributed by atoms with Crippen LogP contribution in [-0.2, 0) is 6.54 Å². The minimum atomic E-state index is 0.659. The van der Waals surface area contributed by atoms with Crippen LogP contribution in [0.3, 0.4) is 0 Å². The first-order valence-electron chi connectivity index (χ1n) is 3.75. The topological polar surface area (TPSA) is 24.4 Å². The first-order valence-corrected chi connectivity index (χ1v) is 3.75. The van der Waals surface area contributed by atoms with Crippen molar-refractivity contribution in [2.24, 2.45) is 4.99 Å². The van der Waals surface area contributed by atoms with Gasteiger partial charge in [-0.05, 0) is 30.6 Å². The van der Waals surface area contributed by atoms with E-state index in [4.69, 9.17) is 0 Å². The van der Waals surface area contributed by atoms with E-state index in [0.29, 0.717) is 6.54 Å². The second-order valence-corrected chi connectivity index (χ2v) is 2.43. The molecule has 0 bridgehead atoms. The highest BCUT2D eigenvalue weighted by atomic mass is 14.8. The zero-order chi connectivity index (χ0) is 8.81. The molecule has 0 heterocycles. The van der Waals surface area contributed by atoms with E-state index in [1.54, 1.807) is 6.20 Å². The summed E-state index contributed by atoms with van der Waals surface area (Å²) < 4.78 is 0. The molecule has 0 aromatic heterocycles. The lowest BCUT2D eigenvalue weighted by molar-refractivity contribution is 1.08. The van der Waals surface area contributed by atoms with Gasteiger partial charge in [0.25, 0.3) is 0 Å². The summed E-state index contributed by atoms with van der Waals surface area (Å²) in [5, 5.41) is 3.01. The number of hydrogen-bond acceptors (Lipinski definition) is 2. The van der Waals surface area contributed by atoms with Gasteiger partial charge in [0.05, 0.1) is 6.54 Å². The molecular formula is C10H12N2. The van der Waals surface area contributed by atoms with Gasteiger partial charge < -0.3 is 5.32 Å². The largest absolute Gasteiger partial charge is 0.362 e. The van der Waals surface area contributed by atoms with E-state index in [1.165, 1.54) is 0 Å². The van der Waals surface area contributed by atoms with Gasteiger partial charge in [0.2, 0.25) is 0 Å². The monoisotopic (exact) mass is 160 g/mol. The molecule has 0 amide bonds. The molecule has 12 heavy (non-hydrogen) atoms. The third kappa shape index (κ3) is 2.23. The minimum Gasteiger partial charge on any atom is -0.362 e. The van der Waals surface area contributed by atoms with Crippen LogP contribution in [0.2, 0.25) is 0 Å². The molecule has 1 aromatic carbocycles. The number of rotatable bonds is 4. The first-order chi connectivity index (χ1) is 5.86. The molecule has 0 aliphatic heterocycles. The summed E-state index contributed by atoms with van der Waals surface area (Å²) in [5.41, 5.74) is 2.18. The Morgan fingerprint density at radius 3 is 3.00 bits per heavy atom. The van der Waals surface area contributed by atoms with Gasteiger partial charge in [0, 0.05) is 5.69 Å². The fraction of sp³-hybridized carbons (Fsp3) is 0.100. The van der Waals surface area contributed by atoms with Crippen LogP contribution < -0.4 is 5.32 Å². The van der Waals surface area contributed by atoms with Gasteiger partial charge in [-0.3, -0.25) is 4.99 Å². The van der Waals surface area contributed by atoms with E-state index < -0.39 is 0 Å². The summed E-state index contributed by atoms with van der Waals surface area (Å²) in [6.07, 6.45) is 1.65. The molecule has 0 aliphatic carbocycles. The zero-order valence-electron chi connectivity index (χ0n) is 6.96. The third-order valence-electron chi connectivity index (χ3n) is 1.49. The van der Waals surface area contributed by atoms with Crippen LogP contribution in [0, 0.1) is 0 Å². The van der Waals surface area contributed by atoms with Gasteiger partial charge in [-0.15, -0.1) is 0 Å². The van der Waals surface area contributed by atoms with Gasteiger partial charge in [-0.25, -0.2) is 0 Å². The molecular weight excluding hydrogens is 148 g/mol. The Kier molecular flexibility index (Phi) is 3.08. The van der Waals surface area contributed by atoms with Gasteiger partial charge >= 0.3 is 0 Å². The van der Waals surface area contributed by atoms with Gasteiger partial charge in [0.15, 0.2) is 0 Å². The SMILES string of the molecule is C=CNc1cccc(CN=C)c1. The number of aliphatic imine (C=N–C) groups is 1. The van der Waals surface area contributed by atoms with Crippen LogP contribution in [-0.4, -0.2) is 6.72 Å². The Morgan fingerprint density at radius 1 is 1.50 bits per heavy atom. The quantitative estimate of drug-likeness (QED) is 0.672. The fourth-order valence-corrected chi connectivity index (χ4v) is 1.01. The van der Waals surface area contributed by atoms with Crippen LogP contribution in [0.1, 0.15) is 5.56 Å². The lowest BCUT2D eigenvalue weighted by Gasteiger charge is -2.01. The van der Waals surface area contributed by atoms with E-state index in [0.717, 1.165) is 11.3 Å². The average molecular weight is 160 g/mol. The van der Waals surface area contributed by atoms with E-state index >= 15 is 0 Å². The molecule has 62 valence electrons. The number of hydrogen-bond donors (Lipinski definition) is 1. The standard InChI is InChI=1S/C10H12N2/c1-3-12-10-6-4-5-9(7-10)8-11-2/h3-7,12H,1-2,8H2. The third-order valence-corrected chi connectivity index (χ3v) is 1.49. The molecule has 1 N–H and O–H groups in total. The molecule has 0 unspecified atom stereocenters. The van der Waals surface area contributed by atoms with E-state index in [-0.39, 0.29) is 0 Å². The number of nitrogens with one attached hydrogen (secondary N) is 1. The molecule has 0 saturated heterocycles. The van der Waals surface area contributed by atoms with Crippen molar-refractivity contribution < 1.29 is 0 Å². The van der Waals surface area contributed by atoms with Crippen LogP contribution in [0.5, 0.6) is 0 Å². The molecule has 2 nitrogen and oxygen atoms in total. The first kappa shape index (κ1) is 8.53. The minimum absolute atomic E-state index is 0.659. The predicted octanol–water partition coefficient (Wildman–Crippen LogP) is 2.44. The number of nitrogens with zero attached hydrogens (tertiary/aromatic N) is 1. The second-order valence-electron chi connectivity index (χ2n) is 2.43. The highest BCUT2D eigenvalue weighted by Crippen LogP contribution is 2.10. The van der Waals surface area contributed by atoms with Crippen molar-refractivity contribution in [3.05, 3.63) is 42.6 Å². The maximum absolute atomic E-state index is 3.80. The van der Waals surface area contributed by atoms with Gasteiger partial charge in [0.1, 0.15) is 0 Å². The van der Waals surface area contributed by atoms with Crippen molar-refractivity contribution in [3.63, 3.8) is 0 Å². The van der Waals surface area contributed by atoms with Crippen LogP contribution in [0.15, 0.2) is 42.0 Å². The summed E-state index contributed by atoms with van der Waals surface area (Å²) in [4.78, 5) is 3.80. The van der Waals surface area contributed by atoms with Crippen LogP contribution in [0.4, 0.5) is 5.69 Å². The van der Waals surface area contributed by atoms with Gasteiger partial charge in [-0.1, -0.05) is 18.7 Å². The molecule has 0 spiro atoms. The maximum atomic E-state index is 3.80. The molecule has 0 radical (unpaired) electrons. The second kappa shape index (κ2) is 4.34. The smallest absolute Gasteiger partial charge is 0.0633 e. The number of benzene rings is 1. The van der Waals surface area contributed by atoms with E-state index in [9.17, 15) is 0 Å². The molecule has 2 heteroatoms. The predicted molar refractivity (Wildman–Crippen MR) is 53.5 cm³/mol. The molecule has 1 rings (SSSR count). The Labute approximate surface area is 72.6 Å². The van der Waals surface area contributed by atoms with Crippen LogP contribution >= 0.6 is 0 Å². The van der Waals surface area contributed by atoms with Crippen molar-refractivity contribution in [1.29, 1.82) is 0 Å². The van der Waals surface area contributed by atoms with E-state index in [2.05, 4.69) is 23.6 Å². The van der Waals surface area contributed by atoms with E-state index in [1.807, 2.05) is 24.3 Å². The maximum Gasteiger partial charge on any atom is 0.0633 e. The highest BCUT2D eigenvalue weighted by molar-refractivity contribution is 5.47. The van der Waals surface area contributed by atoms with Crippen LogP contribution in [0.25, 0.3) is 0 Å². The summed E-state index contributed by atoms with van der Waals surface area (Å²) in [6, 6.07) is 8.00. The average Bonchev–Trinajstić information content (AvgIpc) is 2.06. The fourth-order valence-electron chi connectivity index (χ4n) is 1.01. The molecule has 1 aromatic rings. The summed E-state index contributed by atoms with van der Waals surface area (Å²) in [6.45, 7) is 7.69. The normalized spacial score (nSPS) is 9.00. The summed E-state index contributed by atoms with van der Waals surface area (Å²) >= 11 is 0. The highest BCUT2D eigenvalue weighted by Gasteiger charge is 1.91. The zero-order valence-corrected chi connectivity index (χ0v) is 6.96. The summed E-state index contributed by atoms with van der Waals surface area (Å²) in [7, 11) is 0. The Bertz CT molecular complexity index is 254. The molecule has 0 aliphatic rings. The lowest BCUT2D eigenvalue weighted by Crippen LogP contribution is -1.87. The molecule has 0 saturated carbocycles. The van der Waals surface area contributed by atoms with Crippen molar-refractivity contribution in [3.8, 4) is 0 Å². The Hall–Kier alpha value is -1.57. The van der Waals surface area contributed by atoms with Crippen molar-refractivity contribution in [2.45, 2.75) is 6.54 Å². The van der Waals surface area contributed by atoms with Crippen molar-refractivity contribution in [2.75, 3.05) is 5.32 Å². The number of anilines is 1.